The number of hydrogen-bond acceptors (Lipinski definition) is 0. The highest BCUT2D eigenvalue weighted by atomic mass is 14.1. The lowest BCUT2D eigenvalue weighted by Gasteiger charge is -2.15. The zero-order chi connectivity index (χ0) is 10.4. The fraction of sp³-hybridized carbons (Fsp3) is 0.538. The second-order valence-corrected chi connectivity index (χ2v) is 3.71. The maximum Gasteiger partial charge on any atom is -0.00244 e. The lowest BCUT2D eigenvalue weighted by atomic mass is 9.90. The van der Waals surface area contributed by atoms with Crippen LogP contribution < -0.4 is 0 Å². The van der Waals surface area contributed by atoms with Crippen molar-refractivity contribution in [2.24, 2.45) is 5.92 Å². The van der Waals surface area contributed by atoms with Crippen molar-refractivity contribution in [2.45, 2.75) is 41.0 Å². The molecule has 0 aromatic heterocycles. The number of hydrogen-bond donors (Lipinski definition) is 0. The fourth-order valence-electron chi connectivity index (χ4n) is 1.34. The molecule has 0 radical (unpaired) electrons. The van der Waals surface area contributed by atoms with Crippen LogP contribution in [0.5, 0.6) is 0 Å². The zero-order valence-corrected chi connectivity index (χ0v) is 9.65. The molecule has 0 heteroatoms. The maximum atomic E-state index is 3.76. The van der Waals surface area contributed by atoms with Gasteiger partial charge in [0.2, 0.25) is 0 Å². The highest BCUT2D eigenvalue weighted by molar-refractivity contribution is 5.22. The summed E-state index contributed by atoms with van der Waals surface area (Å²) in [5.41, 5.74) is 4.38. The molecular weight excluding hydrogens is 156 g/mol. The first kappa shape index (κ1) is 12.2. The van der Waals surface area contributed by atoms with E-state index in [1.165, 1.54) is 16.7 Å². The molecule has 0 heterocycles. The Bertz CT molecular complexity index is 228. The summed E-state index contributed by atoms with van der Waals surface area (Å²) in [6.45, 7) is 14.7. The van der Waals surface area contributed by atoms with Crippen LogP contribution in [0.25, 0.3) is 0 Å². The van der Waals surface area contributed by atoms with Gasteiger partial charge < -0.3 is 0 Å². The Morgan fingerprint density at radius 2 is 1.85 bits per heavy atom. The van der Waals surface area contributed by atoms with Gasteiger partial charge >= 0.3 is 0 Å². The third-order valence-electron chi connectivity index (χ3n) is 2.91. The molecule has 74 valence electrons. The van der Waals surface area contributed by atoms with Crippen LogP contribution in [-0.4, -0.2) is 0 Å². The molecule has 0 saturated heterocycles. The van der Waals surface area contributed by atoms with E-state index in [1.54, 1.807) is 0 Å². The van der Waals surface area contributed by atoms with Gasteiger partial charge in [-0.1, -0.05) is 35.8 Å². The molecule has 0 aliphatic carbocycles. The normalized spacial score (nSPS) is 16.5. The molecule has 0 aromatic carbocycles. The predicted molar refractivity (Wildman–Crippen MR) is 61.8 cm³/mol. The Morgan fingerprint density at radius 1 is 1.31 bits per heavy atom. The van der Waals surface area contributed by atoms with Crippen LogP contribution >= 0.6 is 0 Å². The van der Waals surface area contributed by atoms with Crippen molar-refractivity contribution in [3.8, 4) is 0 Å². The van der Waals surface area contributed by atoms with Crippen molar-refractivity contribution in [3.05, 3.63) is 35.5 Å². The van der Waals surface area contributed by atoms with Gasteiger partial charge in [-0.25, -0.2) is 0 Å². The van der Waals surface area contributed by atoms with Gasteiger partial charge in [-0.3, -0.25) is 0 Å². The molecule has 1 unspecified atom stereocenters. The molecule has 0 aliphatic heterocycles. The summed E-state index contributed by atoms with van der Waals surface area (Å²) in [6, 6.07) is 0. The zero-order valence-electron chi connectivity index (χ0n) is 9.65. The second kappa shape index (κ2) is 5.80. The van der Waals surface area contributed by atoms with E-state index < -0.39 is 0 Å². The van der Waals surface area contributed by atoms with E-state index in [4.69, 9.17) is 0 Å². The molecule has 0 spiro atoms. The quantitative estimate of drug-likeness (QED) is 0.556. The second-order valence-electron chi connectivity index (χ2n) is 3.71. The van der Waals surface area contributed by atoms with E-state index in [2.05, 4.69) is 47.3 Å². The average Bonchev–Trinajstić information content (AvgIpc) is 2.14. The monoisotopic (exact) mass is 178 g/mol. The van der Waals surface area contributed by atoms with Gasteiger partial charge in [0, 0.05) is 0 Å². The summed E-state index contributed by atoms with van der Waals surface area (Å²) >= 11 is 0. The van der Waals surface area contributed by atoms with Crippen LogP contribution in [-0.2, 0) is 0 Å². The van der Waals surface area contributed by atoms with E-state index in [1.807, 2.05) is 6.08 Å². The highest BCUT2D eigenvalue weighted by Gasteiger charge is 2.07. The predicted octanol–water partition coefficient (Wildman–Crippen LogP) is 4.50. The molecule has 0 saturated carbocycles. The molecule has 0 aromatic rings. The molecule has 0 nitrogen and oxygen atoms in total. The lowest BCUT2D eigenvalue weighted by molar-refractivity contribution is 0.779. The molecule has 0 amide bonds. The van der Waals surface area contributed by atoms with Crippen LogP contribution in [0.2, 0.25) is 0 Å². The number of rotatable bonds is 4. The summed E-state index contributed by atoms with van der Waals surface area (Å²) in [5.74, 6) is 0.574. The summed E-state index contributed by atoms with van der Waals surface area (Å²) in [5, 5.41) is 0. The summed E-state index contributed by atoms with van der Waals surface area (Å²) in [4.78, 5) is 0. The standard InChI is InChI=1S/C13H22/c1-7-9-11(4)13(6)12(5)10(3)8-2/h7-8,12H,1,9H2,2-6H3. The van der Waals surface area contributed by atoms with E-state index in [-0.39, 0.29) is 0 Å². The van der Waals surface area contributed by atoms with Crippen molar-refractivity contribution >= 4 is 0 Å². The minimum Gasteiger partial charge on any atom is -0.103 e. The first-order valence-corrected chi connectivity index (χ1v) is 4.94. The minimum absolute atomic E-state index is 0.574. The Labute approximate surface area is 83.0 Å². The van der Waals surface area contributed by atoms with Gasteiger partial charge in [-0.15, -0.1) is 6.58 Å². The van der Waals surface area contributed by atoms with Crippen molar-refractivity contribution < 1.29 is 0 Å². The molecule has 0 bridgehead atoms. The SMILES string of the molecule is C=CCC(C)=C(C)C(C)C(C)=CC. The van der Waals surface area contributed by atoms with E-state index in [0.29, 0.717) is 5.92 Å². The molecule has 0 N–H and O–H groups in total. The molecule has 0 aliphatic rings. The third-order valence-corrected chi connectivity index (χ3v) is 2.91. The summed E-state index contributed by atoms with van der Waals surface area (Å²) in [6.07, 6.45) is 5.17. The molecule has 13 heavy (non-hydrogen) atoms. The minimum atomic E-state index is 0.574. The smallest absolute Gasteiger partial charge is 0.00244 e. The average molecular weight is 178 g/mol. The van der Waals surface area contributed by atoms with E-state index >= 15 is 0 Å². The topological polar surface area (TPSA) is 0 Å². The van der Waals surface area contributed by atoms with Gasteiger partial charge in [0.05, 0.1) is 0 Å². The summed E-state index contributed by atoms with van der Waals surface area (Å²) < 4.78 is 0. The summed E-state index contributed by atoms with van der Waals surface area (Å²) in [7, 11) is 0. The van der Waals surface area contributed by atoms with Gasteiger partial charge in [0.25, 0.3) is 0 Å². The third kappa shape index (κ3) is 3.63. The van der Waals surface area contributed by atoms with Crippen LogP contribution in [0.15, 0.2) is 35.5 Å². The van der Waals surface area contributed by atoms with Crippen LogP contribution in [0.1, 0.15) is 41.0 Å². The first-order valence-electron chi connectivity index (χ1n) is 4.94. The van der Waals surface area contributed by atoms with E-state index in [0.717, 1.165) is 6.42 Å². The Kier molecular flexibility index (Phi) is 5.45. The van der Waals surface area contributed by atoms with E-state index in [9.17, 15) is 0 Å². The molecule has 0 fully saturated rings. The van der Waals surface area contributed by atoms with Gasteiger partial charge in [-0.05, 0) is 40.0 Å². The maximum absolute atomic E-state index is 3.76. The van der Waals surface area contributed by atoms with Crippen molar-refractivity contribution in [1.29, 1.82) is 0 Å². The van der Waals surface area contributed by atoms with Crippen molar-refractivity contribution in [2.75, 3.05) is 0 Å². The Balaban J connectivity index is 4.65. The largest absolute Gasteiger partial charge is 0.103 e. The van der Waals surface area contributed by atoms with Crippen molar-refractivity contribution in [3.63, 3.8) is 0 Å². The molecule has 1 atom stereocenters. The molecular formula is C13H22. The van der Waals surface area contributed by atoms with Crippen LogP contribution in [0, 0.1) is 5.92 Å². The Hall–Kier alpha value is -0.780. The van der Waals surface area contributed by atoms with Gasteiger partial charge in [0.1, 0.15) is 0 Å². The number of allylic oxidation sites excluding steroid dienone is 5. The van der Waals surface area contributed by atoms with Crippen LogP contribution in [0.3, 0.4) is 0 Å². The van der Waals surface area contributed by atoms with Crippen molar-refractivity contribution in [1.82, 2.24) is 0 Å². The van der Waals surface area contributed by atoms with Gasteiger partial charge in [0.15, 0.2) is 0 Å². The molecule has 0 rings (SSSR count). The Morgan fingerprint density at radius 3 is 2.23 bits per heavy atom. The lowest BCUT2D eigenvalue weighted by Crippen LogP contribution is -2.00. The fourth-order valence-corrected chi connectivity index (χ4v) is 1.34. The highest BCUT2D eigenvalue weighted by Crippen LogP contribution is 2.23. The van der Waals surface area contributed by atoms with Gasteiger partial charge in [-0.2, -0.15) is 0 Å². The van der Waals surface area contributed by atoms with Crippen LogP contribution in [0.4, 0.5) is 0 Å². The first-order chi connectivity index (χ1) is 6.04.